The Morgan fingerprint density at radius 3 is 2.37 bits per heavy atom. The van der Waals surface area contributed by atoms with Gasteiger partial charge in [0.05, 0.1) is 7.11 Å². The van der Waals surface area contributed by atoms with Crippen molar-refractivity contribution in [2.24, 2.45) is 4.99 Å². The maximum absolute atomic E-state index is 10.7. The Balaban J connectivity index is 2.11. The molecule has 0 amide bonds. The molecule has 19 heavy (non-hydrogen) atoms. The summed E-state index contributed by atoms with van der Waals surface area (Å²) in [6, 6.07) is 4.39. The molecule has 3 nitrogen and oxygen atoms in total. The lowest BCUT2D eigenvalue weighted by Crippen LogP contribution is -2.32. The molecule has 0 aromatic heterocycles. The summed E-state index contributed by atoms with van der Waals surface area (Å²) < 4.78 is 5.55. The van der Waals surface area contributed by atoms with Crippen molar-refractivity contribution in [2.75, 3.05) is 7.11 Å². The van der Waals surface area contributed by atoms with Gasteiger partial charge < -0.3 is 4.74 Å². The average molecular weight is 257 g/mol. The Bertz CT molecular complexity index is 540. The number of isocyanates is 1. The van der Waals surface area contributed by atoms with Crippen LogP contribution in [0.1, 0.15) is 48.8 Å². The van der Waals surface area contributed by atoms with E-state index in [1.165, 1.54) is 24.0 Å². The quantitative estimate of drug-likeness (QED) is 0.615. The number of fused-ring (bicyclic) bond motifs is 1. The van der Waals surface area contributed by atoms with Gasteiger partial charge in [-0.2, -0.15) is 4.99 Å². The standard InChI is InChI=1S/C16H19NO2/c1-19-15-10-13-6-3-2-5-12(13)9-14(15)16(17-11-18)7-4-8-16/h9-10H,2-8H2,1H3. The Hall–Kier alpha value is -1.60. The van der Waals surface area contributed by atoms with Gasteiger partial charge in [-0.1, -0.05) is 0 Å². The average Bonchev–Trinajstić information content (AvgIpc) is 2.41. The zero-order valence-electron chi connectivity index (χ0n) is 11.4. The predicted octanol–water partition coefficient (Wildman–Crippen LogP) is 3.29. The number of ether oxygens (including phenoxy) is 1. The number of hydrogen-bond acceptors (Lipinski definition) is 3. The molecule has 1 saturated carbocycles. The summed E-state index contributed by atoms with van der Waals surface area (Å²) in [6.45, 7) is 0. The topological polar surface area (TPSA) is 38.7 Å². The van der Waals surface area contributed by atoms with Crippen molar-refractivity contribution in [3.8, 4) is 5.75 Å². The molecule has 0 saturated heterocycles. The van der Waals surface area contributed by atoms with E-state index < -0.39 is 0 Å². The first-order chi connectivity index (χ1) is 9.29. The summed E-state index contributed by atoms with van der Waals surface area (Å²) in [4.78, 5) is 14.8. The Labute approximate surface area is 113 Å². The fourth-order valence-corrected chi connectivity index (χ4v) is 3.34. The molecule has 3 rings (SSSR count). The van der Waals surface area contributed by atoms with Crippen LogP contribution >= 0.6 is 0 Å². The van der Waals surface area contributed by atoms with Gasteiger partial charge in [0.15, 0.2) is 0 Å². The van der Waals surface area contributed by atoms with E-state index in [9.17, 15) is 4.79 Å². The van der Waals surface area contributed by atoms with Gasteiger partial charge in [-0.25, -0.2) is 4.79 Å². The number of rotatable bonds is 3. The minimum atomic E-state index is -0.362. The van der Waals surface area contributed by atoms with Gasteiger partial charge in [-0.3, -0.25) is 0 Å². The number of methoxy groups -OCH3 is 1. The van der Waals surface area contributed by atoms with E-state index in [1.54, 1.807) is 13.2 Å². The highest BCUT2D eigenvalue weighted by Gasteiger charge is 2.41. The third-order valence-corrected chi connectivity index (χ3v) is 4.61. The van der Waals surface area contributed by atoms with Crippen molar-refractivity contribution < 1.29 is 9.53 Å². The molecule has 1 aromatic rings. The second-order valence-corrected chi connectivity index (χ2v) is 5.62. The van der Waals surface area contributed by atoms with Crippen LogP contribution in [-0.4, -0.2) is 13.2 Å². The molecule has 0 radical (unpaired) electrons. The lowest BCUT2D eigenvalue weighted by Gasteiger charge is -2.38. The fourth-order valence-electron chi connectivity index (χ4n) is 3.34. The predicted molar refractivity (Wildman–Crippen MR) is 73.3 cm³/mol. The van der Waals surface area contributed by atoms with Crippen LogP contribution < -0.4 is 4.74 Å². The molecule has 0 N–H and O–H groups in total. The molecule has 2 aliphatic carbocycles. The van der Waals surface area contributed by atoms with Gasteiger partial charge in [0, 0.05) is 5.56 Å². The van der Waals surface area contributed by atoms with Crippen LogP contribution in [0, 0.1) is 0 Å². The van der Waals surface area contributed by atoms with Crippen LogP contribution in [-0.2, 0) is 23.2 Å². The number of aliphatic imine (C=N–C) groups is 1. The van der Waals surface area contributed by atoms with Crippen LogP contribution in [0.3, 0.4) is 0 Å². The first-order valence-corrected chi connectivity index (χ1v) is 7.08. The Morgan fingerprint density at radius 1 is 1.16 bits per heavy atom. The number of aryl methyl sites for hydroxylation is 2. The molecule has 0 heterocycles. The van der Waals surface area contributed by atoms with E-state index in [4.69, 9.17) is 4.74 Å². The minimum Gasteiger partial charge on any atom is -0.496 e. The van der Waals surface area contributed by atoms with Crippen LogP contribution in [0.25, 0.3) is 0 Å². The molecule has 0 atom stereocenters. The maximum Gasteiger partial charge on any atom is 0.235 e. The third-order valence-electron chi connectivity index (χ3n) is 4.61. The summed E-state index contributed by atoms with van der Waals surface area (Å²) in [6.07, 6.45) is 9.51. The van der Waals surface area contributed by atoms with Gasteiger partial charge in [-0.05, 0) is 68.2 Å². The first-order valence-electron chi connectivity index (χ1n) is 7.08. The third kappa shape index (κ3) is 1.98. The van der Waals surface area contributed by atoms with Crippen molar-refractivity contribution in [2.45, 2.75) is 50.5 Å². The molecule has 2 aliphatic rings. The van der Waals surface area contributed by atoms with Crippen molar-refractivity contribution in [3.63, 3.8) is 0 Å². The van der Waals surface area contributed by atoms with E-state index in [0.29, 0.717) is 0 Å². The van der Waals surface area contributed by atoms with E-state index in [0.717, 1.165) is 43.4 Å². The molecule has 3 heteroatoms. The van der Waals surface area contributed by atoms with Crippen LogP contribution in [0.5, 0.6) is 5.75 Å². The molecule has 0 bridgehead atoms. The molecule has 0 spiro atoms. The zero-order valence-corrected chi connectivity index (χ0v) is 11.4. The second kappa shape index (κ2) is 4.82. The number of nitrogens with zero attached hydrogens (tertiary/aromatic N) is 1. The second-order valence-electron chi connectivity index (χ2n) is 5.62. The SMILES string of the molecule is COc1cc2c(cc1C1(N=C=O)CCC1)CCCC2. The smallest absolute Gasteiger partial charge is 0.235 e. The van der Waals surface area contributed by atoms with Crippen LogP contribution in [0.15, 0.2) is 17.1 Å². The molecular formula is C16H19NO2. The van der Waals surface area contributed by atoms with Crippen molar-refractivity contribution in [1.82, 2.24) is 0 Å². The van der Waals surface area contributed by atoms with E-state index in [1.807, 2.05) is 0 Å². The van der Waals surface area contributed by atoms with Gasteiger partial charge in [0.25, 0.3) is 0 Å². The molecular weight excluding hydrogens is 238 g/mol. The fraction of sp³-hybridized carbons (Fsp3) is 0.562. The first kappa shape index (κ1) is 12.4. The van der Waals surface area contributed by atoms with E-state index in [-0.39, 0.29) is 5.54 Å². The number of benzene rings is 1. The monoisotopic (exact) mass is 257 g/mol. The van der Waals surface area contributed by atoms with E-state index >= 15 is 0 Å². The lowest BCUT2D eigenvalue weighted by molar-refractivity contribution is 0.245. The highest BCUT2D eigenvalue weighted by atomic mass is 16.5. The van der Waals surface area contributed by atoms with E-state index in [2.05, 4.69) is 17.1 Å². The summed E-state index contributed by atoms with van der Waals surface area (Å²) >= 11 is 0. The van der Waals surface area contributed by atoms with Gasteiger partial charge in [0.2, 0.25) is 6.08 Å². The largest absolute Gasteiger partial charge is 0.496 e. The lowest BCUT2D eigenvalue weighted by atomic mass is 9.71. The minimum absolute atomic E-state index is 0.362. The van der Waals surface area contributed by atoms with Gasteiger partial charge in [-0.15, -0.1) is 0 Å². The van der Waals surface area contributed by atoms with Gasteiger partial charge >= 0.3 is 0 Å². The molecule has 1 aromatic carbocycles. The molecule has 1 fully saturated rings. The number of carbonyl (C=O) groups excluding carboxylic acids is 1. The van der Waals surface area contributed by atoms with Crippen molar-refractivity contribution in [1.29, 1.82) is 0 Å². The highest BCUT2D eigenvalue weighted by Crippen LogP contribution is 2.49. The number of hydrogen-bond donors (Lipinski definition) is 0. The highest BCUT2D eigenvalue weighted by molar-refractivity contribution is 5.50. The van der Waals surface area contributed by atoms with Crippen LogP contribution in [0.4, 0.5) is 0 Å². The zero-order chi connectivity index (χ0) is 13.3. The van der Waals surface area contributed by atoms with Crippen molar-refractivity contribution >= 4 is 6.08 Å². The molecule has 0 unspecified atom stereocenters. The van der Waals surface area contributed by atoms with Gasteiger partial charge in [0.1, 0.15) is 11.3 Å². The Kier molecular flexibility index (Phi) is 3.16. The summed E-state index contributed by atoms with van der Waals surface area (Å²) in [5, 5.41) is 0. The summed E-state index contributed by atoms with van der Waals surface area (Å²) in [5.74, 6) is 0.888. The summed E-state index contributed by atoms with van der Waals surface area (Å²) in [7, 11) is 1.70. The van der Waals surface area contributed by atoms with Crippen molar-refractivity contribution in [3.05, 3.63) is 28.8 Å². The normalized spacial score (nSPS) is 19.8. The Morgan fingerprint density at radius 2 is 1.84 bits per heavy atom. The summed E-state index contributed by atoms with van der Waals surface area (Å²) in [5.41, 5.74) is 3.54. The maximum atomic E-state index is 10.7. The molecule has 0 aliphatic heterocycles. The van der Waals surface area contributed by atoms with Crippen LogP contribution in [0.2, 0.25) is 0 Å². The molecule has 100 valence electrons.